The van der Waals surface area contributed by atoms with Gasteiger partial charge in [0.15, 0.2) is 0 Å². The summed E-state index contributed by atoms with van der Waals surface area (Å²) in [5, 5.41) is 6.89. The van der Waals surface area contributed by atoms with E-state index in [9.17, 15) is 4.79 Å². The molecular formula is C30H46FNO5. The second-order valence-corrected chi connectivity index (χ2v) is 11.6. The fraction of sp³-hybridized carbons (Fsp3) is 0.733. The zero-order valence-corrected chi connectivity index (χ0v) is 23.3. The number of fused-ring (bicyclic) bond motifs is 2. The SMILES string of the molecule is CC.COC1CCN(C(=O)c2cc(C3CC3)c(OCC34CC(C)CC(CC(C)C3)C4)cc2F)C1.O=CO. The van der Waals surface area contributed by atoms with Crippen LogP contribution >= 0.6 is 0 Å². The summed E-state index contributed by atoms with van der Waals surface area (Å²) in [7, 11) is 1.67. The highest BCUT2D eigenvalue weighted by Crippen LogP contribution is 2.53. The van der Waals surface area contributed by atoms with Crippen LogP contribution in [0.3, 0.4) is 0 Å². The second-order valence-electron chi connectivity index (χ2n) is 11.6. The number of hydrogen-bond acceptors (Lipinski definition) is 4. The molecule has 208 valence electrons. The Hall–Kier alpha value is -2.15. The van der Waals surface area contributed by atoms with Crippen molar-refractivity contribution in [3.63, 3.8) is 0 Å². The minimum absolute atomic E-state index is 0.0476. The standard InChI is InChI=1S/C27H38FNO3.C2H6.CH2O2/c1-17-8-19-9-18(2)13-27(12-17,14-19)16-32-25-11-24(28)23(10-22(25)20-4-5-20)26(30)29-7-6-21(15-29)31-3;1-2;2-1-3/h10-11,17-21H,4-9,12-16H2,1-3H3;1-2H3;1H,(H,2,3). The highest BCUT2D eigenvalue weighted by molar-refractivity contribution is 5.95. The quantitative estimate of drug-likeness (QED) is 0.433. The molecular weight excluding hydrogens is 473 g/mol. The number of carboxylic acid groups (broad SMARTS) is 1. The van der Waals surface area contributed by atoms with Crippen LogP contribution in [0, 0.1) is 29.0 Å². The monoisotopic (exact) mass is 519 g/mol. The van der Waals surface area contributed by atoms with Gasteiger partial charge in [0.1, 0.15) is 11.6 Å². The summed E-state index contributed by atoms with van der Waals surface area (Å²) in [6.07, 6.45) is 9.37. The van der Waals surface area contributed by atoms with E-state index in [1.807, 2.05) is 13.8 Å². The van der Waals surface area contributed by atoms with Crippen molar-refractivity contribution in [1.82, 2.24) is 4.90 Å². The highest BCUT2D eigenvalue weighted by Gasteiger charge is 2.45. The normalized spacial score (nSPS) is 30.4. The predicted molar refractivity (Wildman–Crippen MR) is 143 cm³/mol. The molecule has 2 bridgehead atoms. The van der Waals surface area contributed by atoms with Gasteiger partial charge < -0.3 is 19.5 Å². The number of halogens is 1. The molecule has 1 N–H and O–H groups in total. The van der Waals surface area contributed by atoms with Gasteiger partial charge in [-0.25, -0.2) is 4.39 Å². The maximum atomic E-state index is 15.2. The molecule has 0 radical (unpaired) electrons. The summed E-state index contributed by atoms with van der Waals surface area (Å²) in [6.45, 7) is 10.3. The van der Waals surface area contributed by atoms with Crippen molar-refractivity contribution in [3.05, 3.63) is 29.1 Å². The van der Waals surface area contributed by atoms with Gasteiger partial charge >= 0.3 is 0 Å². The molecule has 1 aliphatic heterocycles. The van der Waals surface area contributed by atoms with Crippen molar-refractivity contribution in [3.8, 4) is 5.75 Å². The van der Waals surface area contributed by atoms with E-state index in [4.69, 9.17) is 19.4 Å². The van der Waals surface area contributed by atoms with Gasteiger partial charge in [0.2, 0.25) is 0 Å². The van der Waals surface area contributed by atoms with Crippen LogP contribution in [-0.4, -0.2) is 55.3 Å². The molecule has 1 aromatic carbocycles. The van der Waals surface area contributed by atoms with E-state index in [1.165, 1.54) is 38.2 Å². The molecule has 7 heteroatoms. The first kappa shape index (κ1) is 29.4. The molecule has 3 unspecified atom stereocenters. The molecule has 3 atom stereocenters. The van der Waals surface area contributed by atoms with Gasteiger partial charge in [-0.1, -0.05) is 27.7 Å². The third kappa shape index (κ3) is 7.24. The summed E-state index contributed by atoms with van der Waals surface area (Å²) in [5.41, 5.74) is 1.43. The van der Waals surface area contributed by atoms with Crippen molar-refractivity contribution in [2.75, 3.05) is 26.8 Å². The van der Waals surface area contributed by atoms with Crippen LogP contribution in [0.15, 0.2) is 12.1 Å². The maximum absolute atomic E-state index is 15.2. The van der Waals surface area contributed by atoms with Gasteiger partial charge in [-0.3, -0.25) is 9.59 Å². The lowest BCUT2D eigenvalue weighted by atomic mass is 9.57. The second kappa shape index (κ2) is 13.1. The third-order valence-electron chi connectivity index (χ3n) is 8.40. The van der Waals surface area contributed by atoms with Crippen LogP contribution in [0.25, 0.3) is 0 Å². The largest absolute Gasteiger partial charge is 0.493 e. The number of likely N-dealkylation sites (tertiary alicyclic amines) is 1. The molecule has 1 amide bonds. The van der Waals surface area contributed by atoms with Gasteiger partial charge in [0.05, 0.1) is 18.3 Å². The van der Waals surface area contributed by atoms with Gasteiger partial charge in [-0.2, -0.15) is 0 Å². The van der Waals surface area contributed by atoms with Gasteiger partial charge in [0, 0.05) is 31.7 Å². The third-order valence-corrected chi connectivity index (χ3v) is 8.40. The first-order chi connectivity index (χ1) is 17.8. The fourth-order valence-corrected chi connectivity index (χ4v) is 7.17. The lowest BCUT2D eigenvalue weighted by Crippen LogP contribution is -2.43. The van der Waals surface area contributed by atoms with Crippen molar-refractivity contribution >= 4 is 12.4 Å². The molecule has 37 heavy (non-hydrogen) atoms. The van der Waals surface area contributed by atoms with Gasteiger partial charge in [-0.15, -0.1) is 0 Å². The highest BCUT2D eigenvalue weighted by atomic mass is 19.1. The van der Waals surface area contributed by atoms with Crippen LogP contribution in [0.4, 0.5) is 4.39 Å². The molecule has 3 aliphatic carbocycles. The smallest absolute Gasteiger partial charge is 0.290 e. The van der Waals surface area contributed by atoms with Gasteiger partial charge in [-0.05, 0) is 86.7 Å². The molecule has 3 saturated carbocycles. The number of carbonyl (C=O) groups is 2. The van der Waals surface area contributed by atoms with Crippen LogP contribution in [-0.2, 0) is 9.53 Å². The van der Waals surface area contributed by atoms with Gasteiger partial charge in [0.25, 0.3) is 12.4 Å². The topological polar surface area (TPSA) is 76.1 Å². The summed E-state index contributed by atoms with van der Waals surface area (Å²) in [5.74, 6) is 2.66. The first-order valence-corrected chi connectivity index (χ1v) is 14.1. The number of ether oxygens (including phenoxy) is 2. The average Bonchev–Trinajstić information content (AvgIpc) is 3.59. The molecule has 4 fully saturated rings. The molecule has 5 rings (SSSR count). The molecule has 4 aliphatic rings. The maximum Gasteiger partial charge on any atom is 0.290 e. The summed E-state index contributed by atoms with van der Waals surface area (Å²) in [6, 6.07) is 3.29. The Balaban J connectivity index is 0.000000711. The minimum Gasteiger partial charge on any atom is -0.493 e. The summed E-state index contributed by atoms with van der Waals surface area (Å²) in [4.78, 5) is 23.1. The Bertz CT molecular complexity index is 898. The predicted octanol–water partition coefficient (Wildman–Crippen LogP) is 6.52. The fourth-order valence-electron chi connectivity index (χ4n) is 7.17. The van der Waals surface area contributed by atoms with Crippen molar-refractivity contribution in [2.45, 2.75) is 91.1 Å². The number of amides is 1. The Kier molecular flexibility index (Phi) is 10.4. The van der Waals surface area contributed by atoms with Crippen LogP contribution in [0.1, 0.15) is 101 Å². The molecule has 1 aromatic rings. The molecule has 0 aromatic heterocycles. The molecule has 6 nitrogen and oxygen atoms in total. The molecule has 0 spiro atoms. The summed E-state index contributed by atoms with van der Waals surface area (Å²) < 4.78 is 27.0. The van der Waals surface area contributed by atoms with Crippen molar-refractivity contribution < 1.29 is 28.6 Å². The van der Waals surface area contributed by atoms with E-state index >= 15 is 4.39 Å². The van der Waals surface area contributed by atoms with Crippen molar-refractivity contribution in [2.24, 2.45) is 23.2 Å². The number of nitrogens with zero attached hydrogens (tertiary/aromatic N) is 1. The number of carbonyl (C=O) groups excluding carboxylic acids is 1. The molecule has 1 heterocycles. The first-order valence-electron chi connectivity index (χ1n) is 14.1. The van der Waals surface area contributed by atoms with Crippen LogP contribution < -0.4 is 4.74 Å². The van der Waals surface area contributed by atoms with Crippen molar-refractivity contribution in [1.29, 1.82) is 0 Å². The average molecular weight is 520 g/mol. The lowest BCUT2D eigenvalue weighted by Gasteiger charge is -2.49. The van der Waals surface area contributed by atoms with E-state index in [0.717, 1.165) is 42.6 Å². The number of benzene rings is 1. The van der Waals surface area contributed by atoms with E-state index in [0.29, 0.717) is 31.4 Å². The summed E-state index contributed by atoms with van der Waals surface area (Å²) >= 11 is 0. The molecule has 1 saturated heterocycles. The number of rotatable bonds is 6. The Morgan fingerprint density at radius 3 is 2.30 bits per heavy atom. The Morgan fingerprint density at radius 1 is 1.14 bits per heavy atom. The number of hydrogen-bond donors (Lipinski definition) is 1. The zero-order chi connectivity index (χ0) is 27.2. The minimum atomic E-state index is -0.459. The van der Waals surface area contributed by atoms with E-state index in [1.54, 1.807) is 18.1 Å². The van der Waals surface area contributed by atoms with E-state index < -0.39 is 5.82 Å². The number of methoxy groups -OCH3 is 1. The Morgan fingerprint density at radius 2 is 1.76 bits per heavy atom. The van der Waals surface area contributed by atoms with Crippen LogP contribution in [0.5, 0.6) is 5.75 Å². The van der Waals surface area contributed by atoms with E-state index in [-0.39, 0.29) is 29.5 Å². The van der Waals surface area contributed by atoms with Crippen LogP contribution in [0.2, 0.25) is 0 Å². The Labute approximate surface area is 221 Å². The lowest BCUT2D eigenvalue weighted by molar-refractivity contribution is -0.122. The zero-order valence-electron chi connectivity index (χ0n) is 23.3. The van der Waals surface area contributed by atoms with E-state index in [2.05, 4.69) is 13.8 Å².